The average Bonchev–Trinajstić information content (AvgIpc) is 3.04. The van der Waals surface area contributed by atoms with E-state index in [9.17, 15) is 14.7 Å². The molecule has 0 radical (unpaired) electrons. The Morgan fingerprint density at radius 3 is 2.85 bits per heavy atom. The Morgan fingerprint density at radius 1 is 1.55 bits per heavy atom. The second-order valence-corrected chi connectivity index (χ2v) is 5.15. The molecule has 7 heteroatoms. The van der Waals surface area contributed by atoms with Gasteiger partial charge in [0, 0.05) is 19.8 Å². The summed E-state index contributed by atoms with van der Waals surface area (Å²) in [6.07, 6.45) is 0.744. The van der Waals surface area contributed by atoms with Crippen molar-refractivity contribution in [3.05, 3.63) is 45.9 Å². The van der Waals surface area contributed by atoms with Crippen LogP contribution in [0.5, 0.6) is 0 Å². The first-order valence-corrected chi connectivity index (χ1v) is 6.88. The Balaban J connectivity index is 2.00. The van der Waals surface area contributed by atoms with E-state index in [-0.39, 0.29) is 18.0 Å². The molecule has 20 heavy (non-hydrogen) atoms. The van der Waals surface area contributed by atoms with Gasteiger partial charge in [0.15, 0.2) is 0 Å². The van der Waals surface area contributed by atoms with Crippen molar-refractivity contribution in [3.63, 3.8) is 0 Å². The number of hydrogen-bond acceptors (Lipinski definition) is 4. The van der Waals surface area contributed by atoms with E-state index in [0.29, 0.717) is 5.69 Å². The molecule has 4 N–H and O–H groups in total. The highest BCUT2D eigenvalue weighted by Gasteiger charge is 2.16. The van der Waals surface area contributed by atoms with Crippen molar-refractivity contribution in [2.75, 3.05) is 6.54 Å². The van der Waals surface area contributed by atoms with Crippen LogP contribution in [0.3, 0.4) is 0 Å². The fraction of sp³-hybridized carbons (Fsp3) is 0.231. The maximum absolute atomic E-state index is 12.0. The van der Waals surface area contributed by atoms with Crippen LogP contribution in [-0.4, -0.2) is 28.0 Å². The van der Waals surface area contributed by atoms with E-state index < -0.39 is 12.0 Å². The molecule has 1 atom stereocenters. The Hall–Kier alpha value is -2.12. The lowest BCUT2D eigenvalue weighted by atomic mass is 10.2. The van der Waals surface area contributed by atoms with Crippen LogP contribution >= 0.6 is 11.3 Å². The summed E-state index contributed by atoms with van der Waals surface area (Å²) < 4.78 is 1.52. The number of aliphatic hydroxyl groups is 1. The Labute approximate surface area is 119 Å². The largest absolute Gasteiger partial charge is 0.387 e. The molecule has 0 spiro atoms. The van der Waals surface area contributed by atoms with Crippen molar-refractivity contribution in [3.8, 4) is 0 Å². The highest BCUT2D eigenvalue weighted by Crippen LogP contribution is 2.15. The minimum atomic E-state index is -0.749. The normalized spacial score (nSPS) is 12.1. The van der Waals surface area contributed by atoms with E-state index in [2.05, 4.69) is 5.32 Å². The molecular weight excluding hydrogens is 278 g/mol. The van der Waals surface area contributed by atoms with Gasteiger partial charge >= 0.3 is 0 Å². The molecule has 1 unspecified atom stereocenters. The number of nitrogens with zero attached hydrogens (tertiary/aromatic N) is 1. The third-order valence-electron chi connectivity index (χ3n) is 2.91. The zero-order valence-electron chi connectivity index (χ0n) is 10.9. The van der Waals surface area contributed by atoms with Crippen molar-refractivity contribution in [2.45, 2.75) is 6.10 Å². The number of carbonyl (C=O) groups excluding carboxylic acids is 2. The van der Waals surface area contributed by atoms with Crippen LogP contribution in [0.4, 0.5) is 0 Å². The van der Waals surface area contributed by atoms with Gasteiger partial charge in [0.2, 0.25) is 5.91 Å². The van der Waals surface area contributed by atoms with Gasteiger partial charge in [-0.2, -0.15) is 11.3 Å². The summed E-state index contributed by atoms with van der Waals surface area (Å²) in [5.74, 6) is -0.952. The lowest BCUT2D eigenvalue weighted by Gasteiger charge is -2.10. The summed E-state index contributed by atoms with van der Waals surface area (Å²) >= 11 is 1.48. The van der Waals surface area contributed by atoms with Crippen LogP contribution in [0, 0.1) is 0 Å². The van der Waals surface area contributed by atoms with Crippen molar-refractivity contribution in [1.82, 2.24) is 9.88 Å². The number of rotatable bonds is 5. The highest BCUT2D eigenvalue weighted by molar-refractivity contribution is 7.07. The molecule has 0 bridgehead atoms. The van der Waals surface area contributed by atoms with Crippen LogP contribution in [0.1, 0.15) is 32.5 Å². The first-order valence-electron chi connectivity index (χ1n) is 5.93. The van der Waals surface area contributed by atoms with Crippen molar-refractivity contribution >= 4 is 23.2 Å². The average molecular weight is 293 g/mol. The fourth-order valence-corrected chi connectivity index (χ4v) is 2.49. The predicted octanol–water partition coefficient (Wildman–Crippen LogP) is 0.649. The molecule has 2 rings (SSSR count). The number of carbonyl (C=O) groups is 2. The Bertz CT molecular complexity index is 619. The van der Waals surface area contributed by atoms with Crippen LogP contribution in [0.25, 0.3) is 0 Å². The number of aryl methyl sites for hydroxylation is 1. The Morgan fingerprint density at radius 2 is 2.30 bits per heavy atom. The lowest BCUT2D eigenvalue weighted by molar-refractivity contribution is 0.0908. The van der Waals surface area contributed by atoms with Crippen LogP contribution < -0.4 is 11.1 Å². The number of primary amides is 1. The molecule has 0 aromatic carbocycles. The van der Waals surface area contributed by atoms with Gasteiger partial charge in [-0.05, 0) is 28.5 Å². The molecule has 0 fully saturated rings. The van der Waals surface area contributed by atoms with Crippen LogP contribution in [0.2, 0.25) is 0 Å². The summed E-state index contributed by atoms with van der Waals surface area (Å²) in [5, 5.41) is 16.2. The molecule has 0 aliphatic rings. The number of aliphatic hydroxyl groups excluding tert-OH is 1. The molecule has 106 valence electrons. The predicted molar refractivity (Wildman–Crippen MR) is 75.5 cm³/mol. The first-order chi connectivity index (χ1) is 9.49. The minimum Gasteiger partial charge on any atom is -0.387 e. The van der Waals surface area contributed by atoms with Crippen molar-refractivity contribution in [1.29, 1.82) is 0 Å². The summed E-state index contributed by atoms with van der Waals surface area (Å²) in [4.78, 5) is 23.0. The number of aromatic nitrogens is 1. The van der Waals surface area contributed by atoms with Gasteiger partial charge in [-0.15, -0.1) is 0 Å². The van der Waals surface area contributed by atoms with E-state index in [4.69, 9.17) is 5.73 Å². The molecule has 0 saturated heterocycles. The lowest BCUT2D eigenvalue weighted by Crippen LogP contribution is -2.29. The molecule has 0 saturated carbocycles. The molecule has 0 aliphatic heterocycles. The summed E-state index contributed by atoms with van der Waals surface area (Å²) in [6.45, 7) is 0.104. The molecule has 2 amide bonds. The molecule has 2 heterocycles. The topological polar surface area (TPSA) is 97.4 Å². The maximum Gasteiger partial charge on any atom is 0.268 e. The van der Waals surface area contributed by atoms with Gasteiger partial charge in [-0.1, -0.05) is 0 Å². The standard InChI is InChI=1S/C13H15N3O3S/c1-16-6-9(12(14)18)4-10(16)13(19)15-5-11(17)8-2-3-20-7-8/h2-4,6-7,11,17H,5H2,1H3,(H2,14,18)(H,15,19). The molecular formula is C13H15N3O3S. The Kier molecular flexibility index (Phi) is 4.21. The molecule has 0 aliphatic carbocycles. The van der Waals surface area contributed by atoms with E-state index >= 15 is 0 Å². The number of hydrogen-bond donors (Lipinski definition) is 3. The van der Waals surface area contributed by atoms with Gasteiger partial charge in [0.25, 0.3) is 5.91 Å². The van der Waals surface area contributed by atoms with Gasteiger partial charge in [-0.3, -0.25) is 9.59 Å². The summed E-state index contributed by atoms with van der Waals surface area (Å²) in [5.41, 5.74) is 6.51. The van der Waals surface area contributed by atoms with E-state index in [1.807, 2.05) is 10.8 Å². The number of thiophene rings is 1. The van der Waals surface area contributed by atoms with Gasteiger partial charge in [0.1, 0.15) is 5.69 Å². The first kappa shape index (κ1) is 14.3. The number of nitrogens with one attached hydrogen (secondary N) is 1. The van der Waals surface area contributed by atoms with Crippen LogP contribution in [-0.2, 0) is 7.05 Å². The van der Waals surface area contributed by atoms with Crippen LogP contribution in [0.15, 0.2) is 29.1 Å². The van der Waals surface area contributed by atoms with Crippen molar-refractivity contribution < 1.29 is 14.7 Å². The summed E-state index contributed by atoms with van der Waals surface area (Å²) in [6, 6.07) is 3.23. The van der Waals surface area contributed by atoms with Gasteiger partial charge in [-0.25, -0.2) is 0 Å². The zero-order chi connectivity index (χ0) is 14.7. The minimum absolute atomic E-state index is 0.104. The fourth-order valence-electron chi connectivity index (χ4n) is 1.79. The quantitative estimate of drug-likeness (QED) is 0.755. The molecule has 6 nitrogen and oxygen atoms in total. The molecule has 2 aromatic heterocycles. The van der Waals surface area contributed by atoms with E-state index in [0.717, 1.165) is 5.56 Å². The maximum atomic E-state index is 12.0. The third-order valence-corrected chi connectivity index (χ3v) is 3.61. The number of nitrogens with two attached hydrogens (primary N) is 1. The SMILES string of the molecule is Cn1cc(C(N)=O)cc1C(=O)NCC(O)c1ccsc1. The smallest absolute Gasteiger partial charge is 0.268 e. The number of amides is 2. The monoisotopic (exact) mass is 293 g/mol. The highest BCUT2D eigenvalue weighted by atomic mass is 32.1. The third kappa shape index (κ3) is 3.06. The zero-order valence-corrected chi connectivity index (χ0v) is 11.7. The van der Waals surface area contributed by atoms with Gasteiger partial charge < -0.3 is 20.7 Å². The molecule has 2 aromatic rings. The van der Waals surface area contributed by atoms with E-state index in [1.54, 1.807) is 13.1 Å². The second-order valence-electron chi connectivity index (χ2n) is 4.37. The van der Waals surface area contributed by atoms with Crippen molar-refractivity contribution in [2.24, 2.45) is 12.8 Å². The second kappa shape index (κ2) is 5.89. The van der Waals surface area contributed by atoms with E-state index in [1.165, 1.54) is 28.2 Å². The van der Waals surface area contributed by atoms with Gasteiger partial charge in [0.05, 0.1) is 11.7 Å². The summed E-state index contributed by atoms with van der Waals surface area (Å²) in [7, 11) is 1.65.